The number of hydrogen-bond acceptors (Lipinski definition) is 3. The van der Waals surface area contributed by atoms with E-state index in [0.717, 1.165) is 48.5 Å². The van der Waals surface area contributed by atoms with E-state index in [1.54, 1.807) is 0 Å². The molecular weight excluding hydrogens is 402 g/mol. The fourth-order valence-corrected chi connectivity index (χ4v) is 2.92. The zero-order chi connectivity index (χ0) is 25.8. The lowest BCUT2D eigenvalue weighted by molar-refractivity contribution is 0.576. The summed E-state index contributed by atoms with van der Waals surface area (Å²) in [5.74, 6) is 2.99. The Labute approximate surface area is 206 Å². The summed E-state index contributed by atoms with van der Waals surface area (Å²) in [6.45, 7) is 20.7. The van der Waals surface area contributed by atoms with Crippen molar-refractivity contribution in [3.05, 3.63) is 59.7 Å². The second kappa shape index (κ2) is 20.6. The number of nitrogens with two attached hydrogens (primary N) is 3. The van der Waals surface area contributed by atoms with Crippen LogP contribution in [0.4, 0.5) is 11.4 Å². The van der Waals surface area contributed by atoms with Crippen LogP contribution >= 0.6 is 0 Å². The van der Waals surface area contributed by atoms with Crippen molar-refractivity contribution in [3.8, 4) is 0 Å². The van der Waals surface area contributed by atoms with Crippen molar-refractivity contribution in [2.45, 2.75) is 93.9 Å². The fourth-order valence-electron chi connectivity index (χ4n) is 2.92. The Hall–Kier alpha value is -2.00. The van der Waals surface area contributed by atoms with Crippen LogP contribution in [0.1, 0.15) is 98.6 Å². The highest BCUT2D eigenvalue weighted by molar-refractivity contribution is 5.40. The lowest BCUT2D eigenvalue weighted by atomic mass is 10.0. The molecule has 3 nitrogen and oxygen atoms in total. The highest BCUT2D eigenvalue weighted by Gasteiger charge is 1.96. The van der Waals surface area contributed by atoms with Crippen LogP contribution in [0.15, 0.2) is 48.5 Å². The summed E-state index contributed by atoms with van der Waals surface area (Å²) in [5, 5.41) is 0. The molecule has 0 bridgehead atoms. The Bertz CT molecular complexity index is 646. The normalized spacial score (nSPS) is 10.2. The number of hydrogen-bond donors (Lipinski definition) is 3. The van der Waals surface area contributed by atoms with Crippen molar-refractivity contribution in [2.24, 2.45) is 23.5 Å². The Morgan fingerprint density at radius 1 is 0.606 bits per heavy atom. The van der Waals surface area contributed by atoms with Crippen molar-refractivity contribution in [1.29, 1.82) is 0 Å². The van der Waals surface area contributed by atoms with E-state index in [9.17, 15) is 0 Å². The van der Waals surface area contributed by atoms with E-state index in [0.29, 0.717) is 5.92 Å². The van der Waals surface area contributed by atoms with Crippen LogP contribution in [0.5, 0.6) is 0 Å². The third kappa shape index (κ3) is 23.0. The largest absolute Gasteiger partial charge is 0.399 e. The molecule has 0 saturated heterocycles. The molecule has 2 aromatic carbocycles. The highest BCUT2D eigenvalue weighted by Crippen LogP contribution is 2.15. The maximum absolute atomic E-state index is 5.56. The predicted octanol–water partition coefficient (Wildman–Crippen LogP) is 8.29. The third-order valence-corrected chi connectivity index (χ3v) is 4.84. The minimum absolute atomic E-state index is 0.598. The van der Waals surface area contributed by atoms with Crippen LogP contribution in [0.2, 0.25) is 0 Å². The van der Waals surface area contributed by atoms with Gasteiger partial charge in [0.15, 0.2) is 0 Å². The molecule has 0 aliphatic heterocycles. The van der Waals surface area contributed by atoms with Gasteiger partial charge in [0.05, 0.1) is 0 Å². The molecule has 0 heterocycles. The monoisotopic (exact) mass is 457 g/mol. The molecule has 0 aromatic heterocycles. The van der Waals surface area contributed by atoms with E-state index in [2.05, 4.69) is 86.6 Å². The minimum Gasteiger partial charge on any atom is -0.399 e. The van der Waals surface area contributed by atoms with Crippen molar-refractivity contribution in [3.63, 3.8) is 0 Å². The molecule has 0 amide bonds. The topological polar surface area (TPSA) is 78.1 Å². The molecule has 33 heavy (non-hydrogen) atoms. The lowest BCUT2D eigenvalue weighted by Gasteiger charge is -2.03. The first kappa shape index (κ1) is 33.2. The van der Waals surface area contributed by atoms with Crippen LogP contribution in [-0.2, 0) is 6.42 Å². The van der Waals surface area contributed by atoms with Gasteiger partial charge in [-0.05, 0) is 78.5 Å². The third-order valence-electron chi connectivity index (χ3n) is 4.84. The maximum atomic E-state index is 5.56. The Morgan fingerprint density at radius 3 is 1.27 bits per heavy atom. The second-order valence-corrected chi connectivity index (χ2v) is 10.3. The summed E-state index contributed by atoms with van der Waals surface area (Å²) in [7, 11) is 0. The van der Waals surface area contributed by atoms with Gasteiger partial charge >= 0.3 is 0 Å². The van der Waals surface area contributed by atoms with Crippen LogP contribution < -0.4 is 17.2 Å². The van der Waals surface area contributed by atoms with Gasteiger partial charge in [-0.2, -0.15) is 0 Å². The van der Waals surface area contributed by atoms with Crippen molar-refractivity contribution in [1.82, 2.24) is 0 Å². The summed E-state index contributed by atoms with van der Waals surface area (Å²) in [6.07, 6.45) is 5.00. The van der Waals surface area contributed by atoms with E-state index in [4.69, 9.17) is 17.2 Å². The SMILES string of the molecule is CC(C)CCN.CC(C)Cc1ccc(N)cc1.CC(C)c1ccc(N)cc1.CCCC(C)C. The van der Waals surface area contributed by atoms with Crippen LogP contribution in [0, 0.1) is 17.8 Å². The number of anilines is 2. The van der Waals surface area contributed by atoms with E-state index >= 15 is 0 Å². The van der Waals surface area contributed by atoms with Gasteiger partial charge in [0, 0.05) is 11.4 Å². The molecule has 6 N–H and O–H groups in total. The molecular formula is C30H55N3. The smallest absolute Gasteiger partial charge is 0.0314 e. The van der Waals surface area contributed by atoms with Gasteiger partial charge in [0.1, 0.15) is 0 Å². The van der Waals surface area contributed by atoms with Gasteiger partial charge in [-0.1, -0.05) is 99.4 Å². The molecule has 0 unspecified atom stereocenters. The maximum Gasteiger partial charge on any atom is 0.0314 e. The van der Waals surface area contributed by atoms with Gasteiger partial charge < -0.3 is 17.2 Å². The van der Waals surface area contributed by atoms with Crippen molar-refractivity contribution < 1.29 is 0 Å². The Kier molecular flexibility index (Phi) is 20.7. The summed E-state index contributed by atoms with van der Waals surface area (Å²) >= 11 is 0. The lowest BCUT2D eigenvalue weighted by Crippen LogP contribution is -2.01. The van der Waals surface area contributed by atoms with E-state index in [1.807, 2.05) is 24.3 Å². The second-order valence-electron chi connectivity index (χ2n) is 10.3. The molecule has 190 valence electrons. The van der Waals surface area contributed by atoms with Gasteiger partial charge in [0.2, 0.25) is 0 Å². The molecule has 0 radical (unpaired) electrons. The number of nitrogen functional groups attached to an aromatic ring is 2. The summed E-state index contributed by atoms with van der Waals surface area (Å²) in [6, 6.07) is 16.1. The average molecular weight is 458 g/mol. The first-order valence-electron chi connectivity index (χ1n) is 12.8. The quantitative estimate of drug-likeness (QED) is 0.366. The Morgan fingerprint density at radius 2 is 1.03 bits per heavy atom. The number of benzene rings is 2. The zero-order valence-electron chi connectivity index (χ0n) is 23.2. The molecule has 0 spiro atoms. The van der Waals surface area contributed by atoms with E-state index in [-0.39, 0.29) is 0 Å². The molecule has 2 rings (SSSR count). The number of rotatable bonds is 7. The van der Waals surface area contributed by atoms with E-state index < -0.39 is 0 Å². The first-order chi connectivity index (χ1) is 15.4. The van der Waals surface area contributed by atoms with Gasteiger partial charge in [0.25, 0.3) is 0 Å². The molecule has 0 fully saturated rings. The Balaban J connectivity index is 0. The van der Waals surface area contributed by atoms with Gasteiger partial charge in [-0.25, -0.2) is 0 Å². The van der Waals surface area contributed by atoms with Crippen LogP contribution in [0.3, 0.4) is 0 Å². The molecule has 0 aliphatic carbocycles. The van der Waals surface area contributed by atoms with Crippen molar-refractivity contribution >= 4 is 11.4 Å². The standard InChI is InChI=1S/C10H15N.C9H13N.C6H14.C5H13N/c1-8(2)7-9-3-5-10(11)6-4-9;1-7(2)8-3-5-9(10)6-4-8;1-4-5-6(2)3;1-5(2)3-4-6/h3-6,8H,7,11H2,1-2H3;3-7H,10H2,1-2H3;6H,4-5H2,1-3H3;5H,3-4,6H2,1-2H3. The minimum atomic E-state index is 0.598. The highest BCUT2D eigenvalue weighted by atomic mass is 14.5. The van der Waals surface area contributed by atoms with Crippen LogP contribution in [-0.4, -0.2) is 6.54 Å². The molecule has 0 aliphatic rings. The fraction of sp³-hybridized carbons (Fsp3) is 0.600. The summed E-state index contributed by atoms with van der Waals surface area (Å²) in [4.78, 5) is 0. The van der Waals surface area contributed by atoms with Gasteiger partial charge in [-0.15, -0.1) is 0 Å². The first-order valence-corrected chi connectivity index (χ1v) is 12.8. The van der Waals surface area contributed by atoms with Gasteiger partial charge in [-0.3, -0.25) is 0 Å². The molecule has 0 atom stereocenters. The molecule has 3 heteroatoms. The molecule has 2 aromatic rings. The zero-order valence-corrected chi connectivity index (χ0v) is 23.2. The average Bonchev–Trinajstić information content (AvgIpc) is 2.71. The van der Waals surface area contributed by atoms with Crippen LogP contribution in [0.25, 0.3) is 0 Å². The summed E-state index contributed by atoms with van der Waals surface area (Å²) in [5.41, 5.74) is 20.7. The van der Waals surface area contributed by atoms with E-state index in [1.165, 1.54) is 24.0 Å². The summed E-state index contributed by atoms with van der Waals surface area (Å²) < 4.78 is 0. The molecule has 0 saturated carbocycles. The van der Waals surface area contributed by atoms with Crippen molar-refractivity contribution in [2.75, 3.05) is 18.0 Å². The predicted molar refractivity (Wildman–Crippen MR) is 153 cm³/mol.